The van der Waals surface area contributed by atoms with Crippen LogP contribution >= 0.6 is 0 Å². The van der Waals surface area contributed by atoms with Gasteiger partial charge in [0.15, 0.2) is 0 Å². The zero-order valence-corrected chi connectivity index (χ0v) is 20.0. The summed E-state index contributed by atoms with van der Waals surface area (Å²) >= 11 is 0. The molecule has 2 heteroatoms. The first-order chi connectivity index (χ1) is 16.7. The highest BCUT2D eigenvalue weighted by Gasteiger charge is 2.01. The number of aryl methyl sites for hydroxylation is 4. The molecule has 2 nitrogen and oxygen atoms in total. The van der Waals surface area contributed by atoms with E-state index in [1.807, 2.05) is 24.3 Å². The smallest absolute Gasteiger partial charge is 0.0314 e. The van der Waals surface area contributed by atoms with Crippen molar-refractivity contribution in [3.63, 3.8) is 0 Å². The Morgan fingerprint density at radius 2 is 0.559 bits per heavy atom. The fourth-order valence-electron chi connectivity index (χ4n) is 4.41. The van der Waals surface area contributed by atoms with E-state index in [-0.39, 0.29) is 0 Å². The summed E-state index contributed by atoms with van der Waals surface area (Å²) in [6, 6.07) is 34.7. The molecule has 0 fully saturated rings. The lowest BCUT2D eigenvalue weighted by atomic mass is 9.98. The average Bonchev–Trinajstić information content (AvgIpc) is 2.87. The van der Waals surface area contributed by atoms with Crippen molar-refractivity contribution in [2.45, 2.75) is 51.4 Å². The second kappa shape index (κ2) is 12.1. The maximum absolute atomic E-state index is 5.76. The second-order valence-electron chi connectivity index (χ2n) is 9.29. The van der Waals surface area contributed by atoms with Crippen LogP contribution in [0.15, 0.2) is 97.1 Å². The van der Waals surface area contributed by atoms with Gasteiger partial charge in [0, 0.05) is 11.4 Å². The Balaban J connectivity index is 1.18. The average molecular weight is 449 g/mol. The van der Waals surface area contributed by atoms with Crippen LogP contribution in [0.1, 0.15) is 47.9 Å². The third-order valence-corrected chi connectivity index (χ3v) is 6.56. The van der Waals surface area contributed by atoms with E-state index in [4.69, 9.17) is 11.5 Å². The molecular formula is C32H36N2. The first-order valence-electron chi connectivity index (χ1n) is 12.5. The van der Waals surface area contributed by atoms with Gasteiger partial charge in [0.1, 0.15) is 0 Å². The normalized spacial score (nSPS) is 10.9. The highest BCUT2D eigenvalue weighted by atomic mass is 14.5. The van der Waals surface area contributed by atoms with Crippen LogP contribution in [0.5, 0.6) is 0 Å². The van der Waals surface area contributed by atoms with E-state index in [1.54, 1.807) is 0 Å². The number of hydrogen-bond acceptors (Lipinski definition) is 2. The Bertz CT molecular complexity index is 1030. The van der Waals surface area contributed by atoms with Crippen LogP contribution in [0.2, 0.25) is 0 Å². The SMILES string of the molecule is Nc1ccc(CCCCc2ccc(-c3ccc(CCCCc4ccc(N)cc4)cc3)cc2)cc1. The minimum Gasteiger partial charge on any atom is -0.399 e. The number of nitrogens with two attached hydrogens (primary N) is 2. The molecule has 4 rings (SSSR count). The molecule has 0 unspecified atom stereocenters. The molecule has 0 aliphatic carbocycles. The predicted molar refractivity (Wildman–Crippen MR) is 147 cm³/mol. The lowest BCUT2D eigenvalue weighted by molar-refractivity contribution is 0.734. The van der Waals surface area contributed by atoms with E-state index >= 15 is 0 Å². The monoisotopic (exact) mass is 448 g/mol. The number of nitrogen functional groups attached to an aromatic ring is 2. The second-order valence-corrected chi connectivity index (χ2v) is 9.29. The molecule has 0 aliphatic heterocycles. The molecule has 34 heavy (non-hydrogen) atoms. The third-order valence-electron chi connectivity index (χ3n) is 6.56. The Morgan fingerprint density at radius 3 is 0.824 bits per heavy atom. The van der Waals surface area contributed by atoms with Gasteiger partial charge in [0.05, 0.1) is 0 Å². The summed E-state index contributed by atoms with van der Waals surface area (Å²) in [6.07, 6.45) is 9.31. The summed E-state index contributed by atoms with van der Waals surface area (Å²) in [7, 11) is 0. The van der Waals surface area contributed by atoms with E-state index < -0.39 is 0 Å². The standard InChI is InChI=1S/C32H36N2/c33-31-21-13-27(14-22-31)7-3-1-5-25-9-17-29(18-10-25)30-19-11-26(12-20-30)6-2-4-8-28-15-23-32(34)24-16-28/h9-24H,1-8,33-34H2. The van der Waals surface area contributed by atoms with Crippen LogP contribution in [0.4, 0.5) is 11.4 Å². The van der Waals surface area contributed by atoms with Gasteiger partial charge in [-0.1, -0.05) is 72.8 Å². The molecule has 0 atom stereocenters. The molecule has 0 heterocycles. The lowest BCUT2D eigenvalue weighted by Crippen LogP contribution is -1.91. The molecule has 0 amide bonds. The summed E-state index contributed by atoms with van der Waals surface area (Å²) in [5.41, 5.74) is 21.4. The van der Waals surface area contributed by atoms with Crippen molar-refractivity contribution in [2.75, 3.05) is 11.5 Å². The van der Waals surface area contributed by atoms with Gasteiger partial charge < -0.3 is 11.5 Å². The van der Waals surface area contributed by atoms with Crippen LogP contribution in [0.25, 0.3) is 11.1 Å². The van der Waals surface area contributed by atoms with Gasteiger partial charge in [0.2, 0.25) is 0 Å². The van der Waals surface area contributed by atoms with Gasteiger partial charge in [0.25, 0.3) is 0 Å². The summed E-state index contributed by atoms with van der Waals surface area (Å²) in [5, 5.41) is 0. The fourth-order valence-corrected chi connectivity index (χ4v) is 4.41. The third kappa shape index (κ3) is 7.25. The minimum absolute atomic E-state index is 0.837. The van der Waals surface area contributed by atoms with Crippen LogP contribution in [0.3, 0.4) is 0 Å². The first-order valence-corrected chi connectivity index (χ1v) is 12.5. The van der Waals surface area contributed by atoms with Gasteiger partial charge in [-0.05, 0) is 109 Å². The molecule has 4 aromatic carbocycles. The number of benzene rings is 4. The van der Waals surface area contributed by atoms with E-state index in [1.165, 1.54) is 59.1 Å². The van der Waals surface area contributed by atoms with Crippen molar-refractivity contribution < 1.29 is 0 Å². The molecule has 0 saturated carbocycles. The van der Waals surface area contributed by atoms with Crippen molar-refractivity contribution in [1.82, 2.24) is 0 Å². The lowest BCUT2D eigenvalue weighted by Gasteiger charge is -2.07. The van der Waals surface area contributed by atoms with Crippen molar-refractivity contribution in [2.24, 2.45) is 0 Å². The Kier molecular flexibility index (Phi) is 8.40. The maximum Gasteiger partial charge on any atom is 0.0314 e. The Labute approximate surface area is 204 Å². The van der Waals surface area contributed by atoms with Gasteiger partial charge in [-0.25, -0.2) is 0 Å². The number of hydrogen-bond donors (Lipinski definition) is 2. The van der Waals surface area contributed by atoms with Crippen LogP contribution in [-0.2, 0) is 25.7 Å². The van der Waals surface area contributed by atoms with E-state index in [2.05, 4.69) is 72.8 Å². The molecule has 4 aromatic rings. The van der Waals surface area contributed by atoms with Gasteiger partial charge in [-0.15, -0.1) is 0 Å². The zero-order valence-electron chi connectivity index (χ0n) is 20.0. The van der Waals surface area contributed by atoms with Gasteiger partial charge in [-0.3, -0.25) is 0 Å². The summed E-state index contributed by atoms with van der Waals surface area (Å²) in [6.45, 7) is 0. The zero-order chi connectivity index (χ0) is 23.6. The van der Waals surface area contributed by atoms with Crippen molar-refractivity contribution >= 4 is 11.4 Å². The predicted octanol–water partition coefficient (Wildman–Crippen LogP) is 7.65. The number of unbranched alkanes of at least 4 members (excludes halogenated alkanes) is 2. The Hall–Kier alpha value is -3.52. The minimum atomic E-state index is 0.837. The highest BCUT2D eigenvalue weighted by Crippen LogP contribution is 2.22. The highest BCUT2D eigenvalue weighted by molar-refractivity contribution is 5.64. The molecule has 0 bridgehead atoms. The van der Waals surface area contributed by atoms with Crippen LogP contribution < -0.4 is 11.5 Å². The van der Waals surface area contributed by atoms with E-state index in [0.29, 0.717) is 0 Å². The molecule has 174 valence electrons. The maximum atomic E-state index is 5.76. The molecular weight excluding hydrogens is 412 g/mol. The Morgan fingerprint density at radius 1 is 0.324 bits per heavy atom. The molecule has 4 N–H and O–H groups in total. The van der Waals surface area contributed by atoms with Crippen LogP contribution in [0, 0.1) is 0 Å². The largest absolute Gasteiger partial charge is 0.399 e. The summed E-state index contributed by atoms with van der Waals surface area (Å²) in [4.78, 5) is 0. The molecule has 0 aliphatic rings. The number of anilines is 2. The topological polar surface area (TPSA) is 52.0 Å². The first kappa shape index (κ1) is 23.6. The van der Waals surface area contributed by atoms with E-state index in [0.717, 1.165) is 37.1 Å². The van der Waals surface area contributed by atoms with Crippen molar-refractivity contribution in [1.29, 1.82) is 0 Å². The molecule has 0 saturated heterocycles. The van der Waals surface area contributed by atoms with Crippen molar-refractivity contribution in [3.05, 3.63) is 119 Å². The summed E-state index contributed by atoms with van der Waals surface area (Å²) in [5.74, 6) is 0. The van der Waals surface area contributed by atoms with Gasteiger partial charge in [-0.2, -0.15) is 0 Å². The van der Waals surface area contributed by atoms with Crippen molar-refractivity contribution in [3.8, 4) is 11.1 Å². The van der Waals surface area contributed by atoms with Gasteiger partial charge >= 0.3 is 0 Å². The fraction of sp³-hybridized carbons (Fsp3) is 0.250. The van der Waals surface area contributed by atoms with E-state index in [9.17, 15) is 0 Å². The summed E-state index contributed by atoms with van der Waals surface area (Å²) < 4.78 is 0. The molecule has 0 aromatic heterocycles. The molecule has 0 radical (unpaired) electrons. The molecule has 0 spiro atoms. The number of rotatable bonds is 11. The quantitative estimate of drug-likeness (QED) is 0.183. The van der Waals surface area contributed by atoms with Crippen LogP contribution in [-0.4, -0.2) is 0 Å².